The van der Waals surface area contributed by atoms with Gasteiger partial charge in [-0.3, -0.25) is 4.79 Å². The fraction of sp³-hybridized carbons (Fsp3) is 0.611. The second-order valence-corrected chi connectivity index (χ2v) is 8.87. The molecule has 1 saturated heterocycles. The first-order valence-corrected chi connectivity index (χ1v) is 10.7. The molecule has 7 heteroatoms. The lowest BCUT2D eigenvalue weighted by Crippen LogP contribution is -2.44. The molecule has 0 bridgehead atoms. The van der Waals surface area contributed by atoms with Crippen LogP contribution >= 0.6 is 0 Å². The molecule has 1 aromatic rings. The van der Waals surface area contributed by atoms with E-state index in [-0.39, 0.29) is 10.8 Å². The zero-order valence-corrected chi connectivity index (χ0v) is 16.2. The van der Waals surface area contributed by atoms with Crippen LogP contribution < -0.4 is 5.32 Å². The number of carbonyl (C=O) groups is 1. The SMILES string of the molecule is Cc1ccc(S(C)(=O)=O)cc1C(=O)NCCCCN1CCN(C)CC1. The molecule has 0 radical (unpaired) electrons. The molecule has 140 valence electrons. The van der Waals surface area contributed by atoms with Gasteiger partial charge in [0.25, 0.3) is 5.91 Å². The summed E-state index contributed by atoms with van der Waals surface area (Å²) in [5, 5.41) is 2.90. The molecular weight excluding hydrogens is 338 g/mol. The van der Waals surface area contributed by atoms with Crippen LogP contribution in [-0.2, 0) is 9.84 Å². The summed E-state index contributed by atoms with van der Waals surface area (Å²) in [4.78, 5) is 17.3. The highest BCUT2D eigenvalue weighted by atomic mass is 32.2. The van der Waals surface area contributed by atoms with Crippen molar-refractivity contribution < 1.29 is 13.2 Å². The third-order valence-electron chi connectivity index (χ3n) is 4.66. The number of sulfone groups is 1. The van der Waals surface area contributed by atoms with Gasteiger partial charge in [-0.25, -0.2) is 8.42 Å². The fourth-order valence-electron chi connectivity index (χ4n) is 2.91. The van der Waals surface area contributed by atoms with Gasteiger partial charge in [0.15, 0.2) is 9.84 Å². The van der Waals surface area contributed by atoms with E-state index in [0.717, 1.165) is 57.4 Å². The highest BCUT2D eigenvalue weighted by Crippen LogP contribution is 2.15. The van der Waals surface area contributed by atoms with Crippen LogP contribution in [-0.4, -0.2) is 76.7 Å². The van der Waals surface area contributed by atoms with Crippen molar-refractivity contribution in [2.75, 3.05) is 52.6 Å². The monoisotopic (exact) mass is 367 g/mol. The van der Waals surface area contributed by atoms with E-state index in [1.54, 1.807) is 6.07 Å². The van der Waals surface area contributed by atoms with Gasteiger partial charge < -0.3 is 15.1 Å². The smallest absolute Gasteiger partial charge is 0.251 e. The molecule has 6 nitrogen and oxygen atoms in total. The number of hydrogen-bond donors (Lipinski definition) is 1. The minimum absolute atomic E-state index is 0.179. The predicted octanol–water partition coefficient (Wildman–Crippen LogP) is 1.16. The second kappa shape index (κ2) is 8.78. The number of unbranched alkanes of at least 4 members (excludes halogenated alkanes) is 1. The van der Waals surface area contributed by atoms with Crippen molar-refractivity contribution in [3.63, 3.8) is 0 Å². The van der Waals surface area contributed by atoms with Crippen LogP contribution in [0.1, 0.15) is 28.8 Å². The van der Waals surface area contributed by atoms with Gasteiger partial charge in [-0.1, -0.05) is 6.07 Å². The number of likely N-dealkylation sites (N-methyl/N-ethyl adjacent to an activating group) is 1. The van der Waals surface area contributed by atoms with E-state index in [1.165, 1.54) is 12.1 Å². The lowest BCUT2D eigenvalue weighted by Gasteiger charge is -2.32. The summed E-state index contributed by atoms with van der Waals surface area (Å²) in [5.41, 5.74) is 1.21. The molecule has 1 aromatic carbocycles. The van der Waals surface area contributed by atoms with Crippen LogP contribution in [0.5, 0.6) is 0 Å². The van der Waals surface area contributed by atoms with Crippen LogP contribution in [0.4, 0.5) is 0 Å². The van der Waals surface area contributed by atoms with E-state index in [4.69, 9.17) is 0 Å². The first kappa shape index (κ1) is 19.9. The van der Waals surface area contributed by atoms with Gasteiger partial charge in [0.05, 0.1) is 4.90 Å². The molecular formula is C18H29N3O3S. The highest BCUT2D eigenvalue weighted by molar-refractivity contribution is 7.90. The molecule has 25 heavy (non-hydrogen) atoms. The Morgan fingerprint density at radius 3 is 2.48 bits per heavy atom. The zero-order chi connectivity index (χ0) is 18.4. The van der Waals surface area contributed by atoms with E-state index in [1.807, 2.05) is 6.92 Å². The van der Waals surface area contributed by atoms with Gasteiger partial charge in [-0.2, -0.15) is 0 Å². The molecule has 0 atom stereocenters. The van der Waals surface area contributed by atoms with Crippen molar-refractivity contribution in [1.82, 2.24) is 15.1 Å². The van der Waals surface area contributed by atoms with E-state index < -0.39 is 9.84 Å². The second-order valence-electron chi connectivity index (χ2n) is 6.86. The number of carbonyl (C=O) groups excluding carboxylic acids is 1. The predicted molar refractivity (Wildman–Crippen MR) is 99.8 cm³/mol. The summed E-state index contributed by atoms with van der Waals surface area (Å²) in [6.45, 7) is 7.94. The molecule has 1 N–H and O–H groups in total. The quantitative estimate of drug-likeness (QED) is 0.733. The number of nitrogens with zero attached hydrogens (tertiary/aromatic N) is 2. The van der Waals surface area contributed by atoms with Crippen LogP contribution in [0.15, 0.2) is 23.1 Å². The van der Waals surface area contributed by atoms with E-state index in [9.17, 15) is 13.2 Å². The maximum atomic E-state index is 12.3. The molecule has 0 aromatic heterocycles. The first-order chi connectivity index (χ1) is 11.8. The molecule has 2 rings (SSSR count). The Balaban J connectivity index is 1.77. The largest absolute Gasteiger partial charge is 0.352 e. The minimum atomic E-state index is -3.31. The summed E-state index contributed by atoms with van der Waals surface area (Å²) >= 11 is 0. The van der Waals surface area contributed by atoms with Crippen molar-refractivity contribution >= 4 is 15.7 Å². The summed E-state index contributed by atoms with van der Waals surface area (Å²) in [6, 6.07) is 4.68. The van der Waals surface area contributed by atoms with Crippen molar-refractivity contribution in [1.29, 1.82) is 0 Å². The normalized spacial score (nSPS) is 16.8. The first-order valence-electron chi connectivity index (χ1n) is 8.77. The lowest BCUT2D eigenvalue weighted by atomic mass is 10.1. The number of piperazine rings is 1. The minimum Gasteiger partial charge on any atom is -0.352 e. The number of hydrogen-bond acceptors (Lipinski definition) is 5. The number of amides is 1. The average molecular weight is 368 g/mol. The third-order valence-corrected chi connectivity index (χ3v) is 5.77. The average Bonchev–Trinajstić information content (AvgIpc) is 2.55. The van der Waals surface area contributed by atoms with E-state index in [0.29, 0.717) is 12.1 Å². The van der Waals surface area contributed by atoms with E-state index in [2.05, 4.69) is 22.2 Å². The summed E-state index contributed by atoms with van der Waals surface area (Å²) in [5.74, 6) is -0.206. The Kier molecular flexibility index (Phi) is 6.98. The number of aryl methyl sites for hydroxylation is 1. The Bertz CT molecular complexity index is 696. The highest BCUT2D eigenvalue weighted by Gasteiger charge is 2.15. The van der Waals surface area contributed by atoms with Crippen molar-refractivity contribution in [3.8, 4) is 0 Å². The number of benzene rings is 1. The molecule has 1 heterocycles. The fourth-order valence-corrected chi connectivity index (χ4v) is 3.55. The molecule has 0 unspecified atom stereocenters. The van der Waals surface area contributed by atoms with Crippen LogP contribution in [0.25, 0.3) is 0 Å². The van der Waals surface area contributed by atoms with Gasteiger partial charge in [0.1, 0.15) is 0 Å². The summed E-state index contributed by atoms with van der Waals surface area (Å²) in [6.07, 6.45) is 3.12. The molecule has 1 aliphatic rings. The molecule has 0 spiro atoms. The van der Waals surface area contributed by atoms with Crippen molar-refractivity contribution in [2.24, 2.45) is 0 Å². The molecule has 0 saturated carbocycles. The molecule has 1 aliphatic heterocycles. The van der Waals surface area contributed by atoms with Crippen molar-refractivity contribution in [2.45, 2.75) is 24.7 Å². The van der Waals surface area contributed by atoms with Gasteiger partial charge >= 0.3 is 0 Å². The Hall–Kier alpha value is -1.44. The summed E-state index contributed by atoms with van der Waals surface area (Å²) < 4.78 is 23.3. The van der Waals surface area contributed by atoms with E-state index >= 15 is 0 Å². The maximum absolute atomic E-state index is 12.3. The maximum Gasteiger partial charge on any atom is 0.251 e. The third kappa shape index (κ3) is 6.09. The Morgan fingerprint density at radius 1 is 1.16 bits per heavy atom. The number of rotatable bonds is 7. The zero-order valence-electron chi connectivity index (χ0n) is 15.4. The van der Waals surface area contributed by atoms with Crippen LogP contribution in [0, 0.1) is 6.92 Å². The summed E-state index contributed by atoms with van der Waals surface area (Å²) in [7, 11) is -1.16. The molecule has 1 fully saturated rings. The molecule has 1 amide bonds. The Morgan fingerprint density at radius 2 is 1.84 bits per heavy atom. The topological polar surface area (TPSA) is 69.7 Å². The van der Waals surface area contributed by atoms with Crippen molar-refractivity contribution in [3.05, 3.63) is 29.3 Å². The van der Waals surface area contributed by atoms with Gasteiger partial charge in [0.2, 0.25) is 0 Å². The standard InChI is InChI=1S/C18H29N3O3S/c1-15-6-7-16(25(3,23)24)14-17(15)18(22)19-8-4-5-9-21-12-10-20(2)11-13-21/h6-7,14H,4-5,8-13H2,1-3H3,(H,19,22). The Labute approximate surface area is 151 Å². The number of nitrogens with one attached hydrogen (secondary N) is 1. The molecule has 0 aliphatic carbocycles. The van der Waals surface area contributed by atoms with Crippen LogP contribution in [0.3, 0.4) is 0 Å². The lowest BCUT2D eigenvalue weighted by molar-refractivity contribution is 0.0951. The van der Waals surface area contributed by atoms with Gasteiger partial charge in [-0.05, 0) is 51.1 Å². The van der Waals surface area contributed by atoms with Crippen LogP contribution in [0.2, 0.25) is 0 Å². The van der Waals surface area contributed by atoms with Gasteiger partial charge in [0, 0.05) is 44.5 Å². The van der Waals surface area contributed by atoms with Gasteiger partial charge in [-0.15, -0.1) is 0 Å².